The lowest BCUT2D eigenvalue weighted by Crippen LogP contribution is -2.28. The molecule has 9 heteroatoms. The maximum absolute atomic E-state index is 11.6. The van der Waals surface area contributed by atoms with Gasteiger partial charge in [0.1, 0.15) is 12.6 Å². The van der Waals surface area contributed by atoms with Crippen molar-refractivity contribution in [2.75, 3.05) is 37.3 Å². The Balaban J connectivity index is 0.00000155. The Morgan fingerprint density at radius 1 is 1.23 bits per heavy atom. The number of hydrogen-bond donors (Lipinski definition) is 1. The van der Waals surface area contributed by atoms with Gasteiger partial charge in [0.2, 0.25) is 0 Å². The lowest BCUT2D eigenvalue weighted by atomic mass is 10.0. The minimum Gasteiger partial charge on any atom is -0.365 e. The number of nitrogens with zero attached hydrogens (tertiary/aromatic N) is 4. The monoisotopic (exact) mass is 445 g/mol. The lowest BCUT2D eigenvalue weighted by Gasteiger charge is -2.21. The molecule has 0 aliphatic carbocycles. The molecule has 1 atom stereocenters. The molecule has 1 aliphatic heterocycles. The Morgan fingerprint density at radius 3 is 2.70 bits per heavy atom. The van der Waals surface area contributed by atoms with Gasteiger partial charge in [0.25, 0.3) is 5.91 Å². The number of aryl methyl sites for hydroxylation is 1. The topological polar surface area (TPSA) is 92.4 Å². The van der Waals surface area contributed by atoms with E-state index in [0.717, 1.165) is 60.8 Å². The predicted octanol–water partition coefficient (Wildman–Crippen LogP) is 2.76. The standard InChI is InChI=1S/C20H26N5OPS.CH2O/c1-14-4-5-15(10-16(14)11-18(28-2)20(21)26)17-12-22-13-19(23-17)24-6-3-7-25(27)9-8-24;1-2/h4-5,10-13H,3,6-9,27H2,1-2H3,(H2,21,26);1H2/b18-11-;. The largest absolute Gasteiger partial charge is 0.365 e. The number of carbonyl (C=O) groups is 2. The van der Waals surface area contributed by atoms with E-state index in [1.807, 2.05) is 50.4 Å². The van der Waals surface area contributed by atoms with Gasteiger partial charge in [-0.25, -0.2) is 4.98 Å². The lowest BCUT2D eigenvalue weighted by molar-refractivity contribution is -0.113. The molecule has 0 bridgehead atoms. The zero-order valence-electron chi connectivity index (χ0n) is 17.4. The molecule has 1 aliphatic rings. The van der Waals surface area contributed by atoms with E-state index >= 15 is 0 Å². The highest BCUT2D eigenvalue weighted by atomic mass is 32.2. The molecule has 2 heterocycles. The van der Waals surface area contributed by atoms with Crippen molar-refractivity contribution in [3.05, 3.63) is 46.6 Å². The van der Waals surface area contributed by atoms with Crippen molar-refractivity contribution in [2.24, 2.45) is 5.73 Å². The summed E-state index contributed by atoms with van der Waals surface area (Å²) in [5.41, 5.74) is 9.29. The molecule has 0 saturated carbocycles. The second kappa shape index (κ2) is 11.8. The Hall–Kier alpha value is -2.28. The fourth-order valence-corrected chi connectivity index (χ4v) is 3.88. The number of hydrogen-bond acceptors (Lipinski definition) is 7. The van der Waals surface area contributed by atoms with E-state index < -0.39 is 5.91 Å². The summed E-state index contributed by atoms with van der Waals surface area (Å²) in [6, 6.07) is 6.11. The number of primary amides is 1. The van der Waals surface area contributed by atoms with Crippen LogP contribution >= 0.6 is 21.2 Å². The summed E-state index contributed by atoms with van der Waals surface area (Å²) in [5.74, 6) is 0.487. The van der Waals surface area contributed by atoms with Crippen LogP contribution in [0.5, 0.6) is 0 Å². The Morgan fingerprint density at radius 2 is 2.00 bits per heavy atom. The van der Waals surface area contributed by atoms with Crippen LogP contribution in [0.3, 0.4) is 0 Å². The number of rotatable bonds is 5. The SMILES string of the molecule is C=O.CS/C(=C\c1cc(-c2cncc(N3CCCN(P)CC3)n2)ccc1C)C(N)=O. The second-order valence-corrected chi connectivity index (χ2v) is 8.37. The minimum atomic E-state index is -0.414. The first-order valence-electron chi connectivity index (χ1n) is 9.50. The van der Waals surface area contributed by atoms with Crippen molar-refractivity contribution in [1.29, 1.82) is 0 Å². The van der Waals surface area contributed by atoms with E-state index in [-0.39, 0.29) is 0 Å². The van der Waals surface area contributed by atoms with Gasteiger partial charge >= 0.3 is 0 Å². The average molecular weight is 446 g/mol. The van der Waals surface area contributed by atoms with Gasteiger partial charge in [-0.05, 0) is 42.9 Å². The van der Waals surface area contributed by atoms with Gasteiger partial charge < -0.3 is 15.4 Å². The van der Waals surface area contributed by atoms with Crippen LogP contribution in [0.15, 0.2) is 35.5 Å². The van der Waals surface area contributed by atoms with Gasteiger partial charge in [0.05, 0.1) is 23.0 Å². The molecule has 2 N–H and O–H groups in total. The summed E-state index contributed by atoms with van der Waals surface area (Å²) in [4.78, 5) is 31.7. The number of anilines is 1. The zero-order valence-corrected chi connectivity index (χ0v) is 19.3. The Labute approximate surface area is 184 Å². The molecule has 1 amide bonds. The minimum absolute atomic E-state index is 0.414. The van der Waals surface area contributed by atoms with Gasteiger partial charge in [0, 0.05) is 31.7 Å². The van der Waals surface area contributed by atoms with Gasteiger partial charge in [-0.3, -0.25) is 14.4 Å². The normalized spacial score (nSPS) is 15.2. The van der Waals surface area contributed by atoms with Crippen molar-refractivity contribution < 1.29 is 9.59 Å². The average Bonchev–Trinajstić information content (AvgIpc) is 2.99. The number of nitrogens with two attached hydrogens (primary N) is 1. The van der Waals surface area contributed by atoms with E-state index in [4.69, 9.17) is 15.5 Å². The van der Waals surface area contributed by atoms with Crippen LogP contribution in [0, 0.1) is 6.92 Å². The summed E-state index contributed by atoms with van der Waals surface area (Å²) < 4.78 is 2.26. The molecule has 2 aromatic rings. The number of thioether (sulfide) groups is 1. The smallest absolute Gasteiger partial charge is 0.255 e. The third kappa shape index (κ3) is 6.36. The first-order chi connectivity index (χ1) is 14.5. The van der Waals surface area contributed by atoms with Crippen LogP contribution in [0.1, 0.15) is 17.5 Å². The Kier molecular flexibility index (Phi) is 9.43. The van der Waals surface area contributed by atoms with Gasteiger partial charge in [-0.1, -0.05) is 21.5 Å². The number of benzene rings is 1. The van der Waals surface area contributed by atoms with Gasteiger partial charge in [-0.15, -0.1) is 11.8 Å². The van der Waals surface area contributed by atoms with Crippen molar-refractivity contribution in [3.63, 3.8) is 0 Å². The number of aromatic nitrogens is 2. The van der Waals surface area contributed by atoms with Crippen molar-refractivity contribution in [2.45, 2.75) is 13.3 Å². The molecule has 0 radical (unpaired) electrons. The molecule has 1 aromatic carbocycles. The second-order valence-electron chi connectivity index (χ2n) is 6.79. The molecule has 0 spiro atoms. The van der Waals surface area contributed by atoms with Crippen LogP contribution in [0.2, 0.25) is 0 Å². The summed E-state index contributed by atoms with van der Waals surface area (Å²) in [5, 5.41) is 0. The summed E-state index contributed by atoms with van der Waals surface area (Å²) >= 11 is 1.35. The highest BCUT2D eigenvalue weighted by Crippen LogP contribution is 2.26. The fourth-order valence-electron chi connectivity index (χ4n) is 3.14. The first-order valence-corrected chi connectivity index (χ1v) is 11.2. The van der Waals surface area contributed by atoms with Crippen LogP contribution in [-0.4, -0.2) is 59.8 Å². The maximum Gasteiger partial charge on any atom is 0.255 e. The highest BCUT2D eigenvalue weighted by Gasteiger charge is 2.15. The van der Waals surface area contributed by atoms with Crippen molar-refractivity contribution in [1.82, 2.24) is 14.6 Å². The molecule has 160 valence electrons. The molecular formula is C21H28N5O2PS. The van der Waals surface area contributed by atoms with Gasteiger partial charge in [0.15, 0.2) is 0 Å². The summed E-state index contributed by atoms with van der Waals surface area (Å²) in [7, 11) is 2.78. The maximum atomic E-state index is 11.6. The van der Waals surface area contributed by atoms with Crippen LogP contribution in [-0.2, 0) is 9.59 Å². The highest BCUT2D eigenvalue weighted by molar-refractivity contribution is 8.03. The van der Waals surface area contributed by atoms with Crippen LogP contribution in [0.25, 0.3) is 17.3 Å². The first kappa shape index (κ1) is 24.0. The number of amides is 1. The van der Waals surface area contributed by atoms with E-state index in [0.29, 0.717) is 4.91 Å². The number of carbonyl (C=O) groups excluding carboxylic acids is 2. The molecule has 1 unspecified atom stereocenters. The van der Waals surface area contributed by atoms with E-state index in [1.165, 1.54) is 11.8 Å². The van der Waals surface area contributed by atoms with Crippen molar-refractivity contribution >= 4 is 45.7 Å². The summed E-state index contributed by atoms with van der Waals surface area (Å²) in [6.07, 6.45) is 8.40. The predicted molar refractivity (Wildman–Crippen MR) is 128 cm³/mol. The third-order valence-electron chi connectivity index (χ3n) is 4.80. The van der Waals surface area contributed by atoms with E-state index in [2.05, 4.69) is 23.9 Å². The molecule has 1 aromatic heterocycles. The quantitative estimate of drug-likeness (QED) is 0.559. The van der Waals surface area contributed by atoms with Gasteiger partial charge in [-0.2, -0.15) is 0 Å². The molecule has 1 fully saturated rings. The molecule has 1 saturated heterocycles. The van der Waals surface area contributed by atoms with Crippen LogP contribution in [0.4, 0.5) is 5.82 Å². The van der Waals surface area contributed by atoms with E-state index in [9.17, 15) is 4.79 Å². The molecule has 7 nitrogen and oxygen atoms in total. The zero-order chi connectivity index (χ0) is 22.1. The third-order valence-corrected chi connectivity index (χ3v) is 6.08. The molecular weight excluding hydrogens is 417 g/mol. The summed E-state index contributed by atoms with van der Waals surface area (Å²) in [6.45, 7) is 7.97. The van der Waals surface area contributed by atoms with Crippen LogP contribution < -0.4 is 10.6 Å². The van der Waals surface area contributed by atoms with Crippen molar-refractivity contribution in [3.8, 4) is 11.3 Å². The molecule has 30 heavy (non-hydrogen) atoms. The Bertz CT molecular complexity index is 909. The molecule has 3 rings (SSSR count). The fraction of sp³-hybridized carbons (Fsp3) is 0.333. The van der Waals surface area contributed by atoms with E-state index in [1.54, 1.807) is 6.20 Å².